The minimum absolute atomic E-state index is 0.154. The second-order valence-electron chi connectivity index (χ2n) is 5.37. The van der Waals surface area contributed by atoms with E-state index in [1.807, 2.05) is 24.3 Å². The van der Waals surface area contributed by atoms with Gasteiger partial charge in [-0.2, -0.15) is 0 Å². The van der Waals surface area contributed by atoms with Crippen LogP contribution in [0.15, 0.2) is 48.5 Å². The van der Waals surface area contributed by atoms with Crippen LogP contribution < -0.4 is 15.0 Å². The molecule has 1 aliphatic rings. The Morgan fingerprint density at radius 1 is 1.13 bits per heavy atom. The molecule has 0 aliphatic carbocycles. The van der Waals surface area contributed by atoms with Crippen LogP contribution in [0.25, 0.3) is 0 Å². The second-order valence-corrected chi connectivity index (χ2v) is 5.37. The fraction of sp³-hybridized carbons (Fsp3) is 0.278. The molecule has 2 aromatic rings. The number of benzene rings is 2. The van der Waals surface area contributed by atoms with Gasteiger partial charge >= 0.3 is 0 Å². The highest BCUT2D eigenvalue weighted by atomic mass is 19.1. The highest BCUT2D eigenvalue weighted by Gasteiger charge is 2.23. The molecule has 3 rings (SSSR count). The smallest absolute Gasteiger partial charge is 0.227 e. The number of rotatable bonds is 6. The molecule has 23 heavy (non-hydrogen) atoms. The summed E-state index contributed by atoms with van der Waals surface area (Å²) in [5, 5.41) is 3.26. The third-order valence-corrected chi connectivity index (χ3v) is 3.78. The highest BCUT2D eigenvalue weighted by molar-refractivity contribution is 5.98. The normalized spacial score (nSPS) is 14.1. The number of carbonyl (C=O) groups is 1. The van der Waals surface area contributed by atoms with Crippen molar-refractivity contribution >= 4 is 17.3 Å². The molecule has 1 heterocycles. The minimum atomic E-state index is -0.365. The summed E-state index contributed by atoms with van der Waals surface area (Å²) < 4.78 is 18.9. The van der Waals surface area contributed by atoms with E-state index in [1.165, 1.54) is 6.07 Å². The number of anilines is 2. The average molecular weight is 314 g/mol. The van der Waals surface area contributed by atoms with Gasteiger partial charge in [0.1, 0.15) is 6.61 Å². The van der Waals surface area contributed by atoms with Crippen molar-refractivity contribution in [2.24, 2.45) is 0 Å². The summed E-state index contributed by atoms with van der Waals surface area (Å²) in [4.78, 5) is 13.7. The van der Waals surface area contributed by atoms with Crippen molar-refractivity contribution in [1.82, 2.24) is 0 Å². The molecule has 1 fully saturated rings. The summed E-state index contributed by atoms with van der Waals surface area (Å²) >= 11 is 0. The van der Waals surface area contributed by atoms with Crippen molar-refractivity contribution < 1.29 is 13.9 Å². The SMILES string of the molecule is O=C1CCCN1c1ccccc1NCCOc1ccccc1F. The largest absolute Gasteiger partial charge is 0.489 e. The number of hydrogen-bond donors (Lipinski definition) is 1. The number of nitrogens with zero attached hydrogens (tertiary/aromatic N) is 1. The van der Waals surface area contributed by atoms with Gasteiger partial charge in [-0.05, 0) is 30.7 Å². The van der Waals surface area contributed by atoms with Crippen LogP contribution in [0, 0.1) is 5.82 Å². The number of ether oxygens (including phenoxy) is 1. The van der Waals surface area contributed by atoms with Crippen LogP contribution in [-0.2, 0) is 4.79 Å². The van der Waals surface area contributed by atoms with E-state index in [0.29, 0.717) is 19.6 Å². The average Bonchev–Trinajstić information content (AvgIpc) is 2.99. The Balaban J connectivity index is 1.58. The first-order valence-corrected chi connectivity index (χ1v) is 7.76. The number of amides is 1. The first kappa shape index (κ1) is 15.3. The fourth-order valence-electron chi connectivity index (χ4n) is 2.67. The molecule has 1 amide bonds. The van der Waals surface area contributed by atoms with Gasteiger partial charge in [-0.3, -0.25) is 4.79 Å². The lowest BCUT2D eigenvalue weighted by Crippen LogP contribution is -2.25. The first-order valence-electron chi connectivity index (χ1n) is 7.76. The number of halogens is 1. The molecule has 0 bridgehead atoms. The zero-order valence-electron chi connectivity index (χ0n) is 12.8. The molecule has 1 saturated heterocycles. The molecular weight excluding hydrogens is 295 g/mol. The van der Waals surface area contributed by atoms with E-state index in [2.05, 4.69) is 5.32 Å². The van der Waals surface area contributed by atoms with Crippen molar-refractivity contribution in [3.8, 4) is 5.75 Å². The van der Waals surface area contributed by atoms with Crippen molar-refractivity contribution in [1.29, 1.82) is 0 Å². The molecule has 0 radical (unpaired) electrons. The fourth-order valence-corrected chi connectivity index (χ4v) is 2.67. The summed E-state index contributed by atoms with van der Waals surface area (Å²) in [5.74, 6) is 0.0368. The van der Waals surface area contributed by atoms with Crippen LogP contribution >= 0.6 is 0 Å². The van der Waals surface area contributed by atoms with Gasteiger partial charge in [-0.1, -0.05) is 24.3 Å². The lowest BCUT2D eigenvalue weighted by molar-refractivity contribution is -0.117. The molecule has 2 aromatic carbocycles. The molecule has 0 aromatic heterocycles. The van der Waals surface area contributed by atoms with Crippen LogP contribution in [0.3, 0.4) is 0 Å². The molecule has 1 N–H and O–H groups in total. The zero-order chi connectivity index (χ0) is 16.1. The molecule has 0 atom stereocenters. The van der Waals surface area contributed by atoms with Crippen molar-refractivity contribution in [2.75, 3.05) is 29.9 Å². The molecule has 4 nitrogen and oxygen atoms in total. The topological polar surface area (TPSA) is 41.6 Å². The number of para-hydroxylation sites is 3. The molecule has 120 valence electrons. The number of nitrogens with one attached hydrogen (secondary N) is 1. The van der Waals surface area contributed by atoms with Crippen LogP contribution in [0.2, 0.25) is 0 Å². The van der Waals surface area contributed by atoms with Gasteiger partial charge in [-0.25, -0.2) is 4.39 Å². The Kier molecular flexibility index (Phi) is 4.76. The van der Waals surface area contributed by atoms with Gasteiger partial charge in [0.15, 0.2) is 11.6 Å². The number of hydrogen-bond acceptors (Lipinski definition) is 3. The van der Waals surface area contributed by atoms with Gasteiger partial charge in [-0.15, -0.1) is 0 Å². The number of carbonyl (C=O) groups excluding carboxylic acids is 1. The molecule has 0 unspecified atom stereocenters. The second kappa shape index (κ2) is 7.13. The summed E-state index contributed by atoms with van der Waals surface area (Å²) in [7, 11) is 0. The first-order chi connectivity index (χ1) is 11.3. The zero-order valence-corrected chi connectivity index (χ0v) is 12.8. The Labute approximate surface area is 134 Å². The van der Waals surface area contributed by atoms with E-state index in [9.17, 15) is 9.18 Å². The lowest BCUT2D eigenvalue weighted by atomic mass is 10.2. The molecular formula is C18H19FN2O2. The summed E-state index contributed by atoms with van der Waals surface area (Å²) in [6.07, 6.45) is 1.49. The standard InChI is InChI=1S/C18H19FN2O2/c19-14-6-1-4-9-17(14)23-13-11-20-15-7-2-3-8-16(15)21-12-5-10-18(21)22/h1-4,6-9,20H,5,10-13H2. The summed E-state index contributed by atoms with van der Waals surface area (Å²) in [6.45, 7) is 1.61. The Bertz CT molecular complexity index is 690. The Morgan fingerprint density at radius 2 is 1.91 bits per heavy atom. The van der Waals surface area contributed by atoms with Crippen molar-refractivity contribution in [3.05, 3.63) is 54.3 Å². The van der Waals surface area contributed by atoms with Gasteiger partial charge in [0.05, 0.1) is 11.4 Å². The molecule has 1 aliphatic heterocycles. The Morgan fingerprint density at radius 3 is 2.70 bits per heavy atom. The van der Waals surface area contributed by atoms with Gasteiger partial charge in [0, 0.05) is 19.5 Å². The van der Waals surface area contributed by atoms with E-state index in [-0.39, 0.29) is 17.5 Å². The van der Waals surface area contributed by atoms with Gasteiger partial charge in [0.2, 0.25) is 5.91 Å². The third-order valence-electron chi connectivity index (χ3n) is 3.78. The molecule has 5 heteroatoms. The van der Waals surface area contributed by atoms with Gasteiger partial charge < -0.3 is 15.0 Å². The van der Waals surface area contributed by atoms with E-state index in [0.717, 1.165) is 24.3 Å². The van der Waals surface area contributed by atoms with Crippen LogP contribution in [-0.4, -0.2) is 25.6 Å². The summed E-state index contributed by atoms with van der Waals surface area (Å²) in [5.41, 5.74) is 1.78. The predicted molar refractivity (Wildman–Crippen MR) is 88.4 cm³/mol. The van der Waals surface area contributed by atoms with E-state index in [4.69, 9.17) is 4.74 Å². The van der Waals surface area contributed by atoms with E-state index in [1.54, 1.807) is 23.1 Å². The Hall–Kier alpha value is -2.56. The van der Waals surface area contributed by atoms with Crippen LogP contribution in [0.4, 0.5) is 15.8 Å². The van der Waals surface area contributed by atoms with Gasteiger partial charge in [0.25, 0.3) is 0 Å². The highest BCUT2D eigenvalue weighted by Crippen LogP contribution is 2.29. The summed E-state index contributed by atoms with van der Waals surface area (Å²) in [6, 6.07) is 14.0. The third kappa shape index (κ3) is 3.62. The predicted octanol–water partition coefficient (Wildman–Crippen LogP) is 3.44. The minimum Gasteiger partial charge on any atom is -0.489 e. The van der Waals surface area contributed by atoms with E-state index >= 15 is 0 Å². The molecule has 0 spiro atoms. The van der Waals surface area contributed by atoms with Crippen LogP contribution in [0.1, 0.15) is 12.8 Å². The molecule has 0 saturated carbocycles. The quantitative estimate of drug-likeness (QED) is 0.831. The monoisotopic (exact) mass is 314 g/mol. The maximum atomic E-state index is 13.5. The van der Waals surface area contributed by atoms with Crippen molar-refractivity contribution in [3.63, 3.8) is 0 Å². The van der Waals surface area contributed by atoms with Crippen LogP contribution in [0.5, 0.6) is 5.75 Å². The lowest BCUT2D eigenvalue weighted by Gasteiger charge is -2.20. The maximum Gasteiger partial charge on any atom is 0.227 e. The van der Waals surface area contributed by atoms with E-state index < -0.39 is 0 Å². The maximum absolute atomic E-state index is 13.5. The van der Waals surface area contributed by atoms with Crippen molar-refractivity contribution in [2.45, 2.75) is 12.8 Å².